The van der Waals surface area contributed by atoms with Gasteiger partial charge in [0.1, 0.15) is 54.8 Å². The van der Waals surface area contributed by atoms with Crippen molar-refractivity contribution >= 4 is 25.6 Å². The van der Waals surface area contributed by atoms with Gasteiger partial charge >= 0.3 is 13.8 Å². The smallest absolute Gasteiger partial charge is 0.462 e. The number of ether oxygens (including phenoxy) is 4. The Hall–Kier alpha value is -1.84. The summed E-state index contributed by atoms with van der Waals surface area (Å²) in [4.78, 5) is 59.1. The van der Waals surface area contributed by atoms with Crippen LogP contribution in [0.4, 0.5) is 0 Å². The second-order valence-electron chi connectivity index (χ2n) is 20.3. The Bertz CT molecular complexity index is 1460. The Labute approximate surface area is 430 Å². The number of aliphatic hydroxyl groups is 6. The molecule has 0 bridgehead atoms. The minimum Gasteiger partial charge on any atom is -0.462 e. The van der Waals surface area contributed by atoms with Crippen molar-refractivity contribution in [3.63, 3.8) is 0 Å². The molecular weight excluding hydrogens is 956 g/mol. The van der Waals surface area contributed by atoms with Crippen LogP contribution in [-0.4, -0.2) is 145 Å². The summed E-state index contributed by atoms with van der Waals surface area (Å²) in [5, 5.41) is 70.1. The Morgan fingerprint density at radius 2 is 1.03 bits per heavy atom. The van der Waals surface area contributed by atoms with Gasteiger partial charge in [0.15, 0.2) is 12.6 Å². The van der Waals surface area contributed by atoms with Crippen LogP contribution < -0.4 is 10.6 Å². The first-order valence-electron chi connectivity index (χ1n) is 28.0. The number of phosphoric acid groups is 1. The lowest BCUT2D eigenvalue weighted by Crippen LogP contribution is -2.67. The van der Waals surface area contributed by atoms with E-state index in [9.17, 15) is 59.4 Å². The van der Waals surface area contributed by atoms with Gasteiger partial charge in [-0.1, -0.05) is 181 Å². The van der Waals surface area contributed by atoms with E-state index in [1.165, 1.54) is 83.5 Å². The predicted molar refractivity (Wildman–Crippen MR) is 272 cm³/mol. The molecule has 0 aliphatic carbocycles. The zero-order chi connectivity index (χ0) is 53.2. The highest BCUT2D eigenvalue weighted by molar-refractivity contribution is 7.46. The number of carbonyl (C=O) groups is 3. The van der Waals surface area contributed by atoms with Crippen LogP contribution in [0.25, 0.3) is 0 Å². The Balaban J connectivity index is 2.08. The lowest BCUT2D eigenvalue weighted by atomic mass is 9.95. The Kier molecular flexibility index (Phi) is 36.4. The number of hydrogen-bond donors (Lipinski definition) is 10. The molecule has 2 aliphatic rings. The molecule has 20 heteroatoms. The molecule has 0 radical (unpaired) electrons. The molecule has 2 aliphatic heterocycles. The van der Waals surface area contributed by atoms with Crippen LogP contribution in [0.15, 0.2) is 0 Å². The third-order valence-electron chi connectivity index (χ3n) is 13.8. The number of carbonyl (C=O) groups excluding carboxylic acids is 3. The first kappa shape index (κ1) is 66.3. The third kappa shape index (κ3) is 28.9. The molecule has 0 aromatic carbocycles. The number of aliphatic hydroxyl groups excluding tert-OH is 6. The van der Waals surface area contributed by atoms with Gasteiger partial charge in [-0.2, -0.15) is 0 Å². The molecule has 12 atom stereocenters. The second kappa shape index (κ2) is 39.5. The summed E-state index contributed by atoms with van der Waals surface area (Å²) < 4.78 is 39.8. The number of phosphoric ester groups is 1. The van der Waals surface area contributed by atoms with Crippen LogP contribution in [-0.2, 0) is 42.4 Å². The zero-order valence-corrected chi connectivity index (χ0v) is 45.1. The van der Waals surface area contributed by atoms with E-state index in [-0.39, 0.29) is 19.3 Å². The maximum Gasteiger partial charge on any atom is 0.470 e. The summed E-state index contributed by atoms with van der Waals surface area (Å²) in [6.45, 7) is 4.94. The van der Waals surface area contributed by atoms with Crippen LogP contribution >= 0.6 is 7.82 Å². The van der Waals surface area contributed by atoms with Gasteiger partial charge in [0.25, 0.3) is 0 Å². The van der Waals surface area contributed by atoms with Crippen molar-refractivity contribution in [2.24, 2.45) is 0 Å². The molecule has 19 nitrogen and oxygen atoms in total. The SMILES string of the molecule is CCCCCCCCCCCC(=O)O[C@H](CCCCCCCCCCC)CC(=O)N[C@H]1[C@H](OC[C@H]2O[C@H](O)[C@H](NC(=O)C[C@H](O)CCCCCCCCCCC)[C@@H](O)[C@@H]2O)O[C@H](CO)[C@@H](OP(=O)(O)O)[C@@H]1O. The van der Waals surface area contributed by atoms with E-state index in [1.54, 1.807) is 0 Å². The van der Waals surface area contributed by atoms with E-state index < -0.39 is 112 Å². The van der Waals surface area contributed by atoms with Crippen LogP contribution in [0.1, 0.15) is 226 Å². The lowest BCUT2D eigenvalue weighted by molar-refractivity contribution is -0.296. The number of nitrogens with one attached hydrogen (secondary N) is 2. The largest absolute Gasteiger partial charge is 0.470 e. The van der Waals surface area contributed by atoms with Gasteiger partial charge in [0.2, 0.25) is 11.8 Å². The van der Waals surface area contributed by atoms with Gasteiger partial charge in [0, 0.05) is 6.42 Å². The molecule has 72 heavy (non-hydrogen) atoms. The minimum absolute atomic E-state index is 0.189. The van der Waals surface area contributed by atoms with Gasteiger partial charge < -0.3 is 70.0 Å². The van der Waals surface area contributed by atoms with E-state index in [1.807, 2.05) is 0 Å². The van der Waals surface area contributed by atoms with Gasteiger partial charge in [-0.3, -0.25) is 18.9 Å². The average Bonchev–Trinajstić information content (AvgIpc) is 3.33. The maximum atomic E-state index is 13.8. The number of unbranched alkanes of at least 4 members (excludes halogenated alkanes) is 24. The fourth-order valence-corrected chi connectivity index (χ4v) is 10.1. The molecule has 0 aromatic heterocycles. The van der Waals surface area contributed by atoms with E-state index in [4.69, 9.17) is 23.5 Å². The fraction of sp³-hybridized carbons (Fsp3) is 0.942. The van der Waals surface area contributed by atoms with Crippen LogP contribution in [0, 0.1) is 0 Å². The van der Waals surface area contributed by atoms with Crippen molar-refractivity contribution in [2.75, 3.05) is 13.2 Å². The maximum absolute atomic E-state index is 13.8. The van der Waals surface area contributed by atoms with Crippen molar-refractivity contribution in [3.8, 4) is 0 Å². The summed E-state index contributed by atoms with van der Waals surface area (Å²) >= 11 is 0. The molecule has 2 amide bonds. The fourth-order valence-electron chi connectivity index (χ4n) is 9.49. The molecule has 0 saturated carbocycles. The lowest BCUT2D eigenvalue weighted by Gasteiger charge is -2.45. The van der Waals surface area contributed by atoms with Crippen molar-refractivity contribution < 1.29 is 82.8 Å². The van der Waals surface area contributed by atoms with Gasteiger partial charge in [0.05, 0.1) is 32.2 Å². The Morgan fingerprint density at radius 3 is 1.53 bits per heavy atom. The molecule has 0 aromatic rings. The van der Waals surface area contributed by atoms with Crippen molar-refractivity contribution in [1.82, 2.24) is 10.6 Å². The van der Waals surface area contributed by atoms with Gasteiger partial charge in [-0.05, 0) is 25.7 Å². The average molecular weight is 1060 g/mol. The third-order valence-corrected chi connectivity index (χ3v) is 14.3. The second-order valence-corrected chi connectivity index (χ2v) is 21.5. The minimum atomic E-state index is -5.30. The quantitative estimate of drug-likeness (QED) is 0.0171. The summed E-state index contributed by atoms with van der Waals surface area (Å²) in [6, 6.07) is -3.12. The van der Waals surface area contributed by atoms with E-state index in [0.717, 1.165) is 77.0 Å². The molecule has 0 unspecified atom stereocenters. The van der Waals surface area contributed by atoms with E-state index in [0.29, 0.717) is 25.7 Å². The summed E-state index contributed by atoms with van der Waals surface area (Å²) in [6.07, 6.45) is 13.6. The summed E-state index contributed by atoms with van der Waals surface area (Å²) in [5.41, 5.74) is 0. The van der Waals surface area contributed by atoms with E-state index in [2.05, 4.69) is 31.4 Å². The predicted octanol–water partition coefficient (Wildman–Crippen LogP) is 6.78. The number of rotatable bonds is 43. The molecule has 2 rings (SSSR count). The molecule has 0 spiro atoms. The van der Waals surface area contributed by atoms with Crippen molar-refractivity contribution in [1.29, 1.82) is 0 Å². The Morgan fingerprint density at radius 1 is 0.569 bits per heavy atom. The summed E-state index contributed by atoms with van der Waals surface area (Å²) in [5.74, 6) is -1.85. The van der Waals surface area contributed by atoms with Crippen LogP contribution in [0.3, 0.4) is 0 Å². The first-order valence-corrected chi connectivity index (χ1v) is 29.5. The standard InChI is InChI=1S/C52H99N2O17P/c1-4-7-10-13-16-19-22-25-28-31-38(56)34-42(57)53-45-48(61)47(60)41(69-51(45)63)37-67-52-46(49(62)50(40(36-55)70-52)71-72(64,65)66)54-43(58)35-39(32-29-26-23-20-17-14-11-8-5-2)68-44(59)33-30-27-24-21-18-15-12-9-6-3/h38-41,45-52,55-56,60-63H,4-37H2,1-3H3,(H,53,57)(H,54,58)(H2,64,65,66)/t38-,39-,40-,41-,45-,46-,47-,48-,49-,50-,51+,52-/m1/s1. The highest BCUT2D eigenvalue weighted by Gasteiger charge is 2.51. The molecule has 2 fully saturated rings. The highest BCUT2D eigenvalue weighted by Crippen LogP contribution is 2.41. The highest BCUT2D eigenvalue weighted by atomic mass is 31.2. The number of amides is 2. The van der Waals surface area contributed by atoms with Crippen molar-refractivity contribution in [3.05, 3.63) is 0 Å². The topological polar surface area (TPSA) is 300 Å². The van der Waals surface area contributed by atoms with E-state index >= 15 is 0 Å². The normalized spacial score (nSPS) is 25.5. The zero-order valence-electron chi connectivity index (χ0n) is 44.2. The number of esters is 1. The molecule has 10 N–H and O–H groups in total. The summed E-state index contributed by atoms with van der Waals surface area (Å²) in [7, 11) is -5.30. The van der Waals surface area contributed by atoms with Crippen LogP contribution in [0.5, 0.6) is 0 Å². The van der Waals surface area contributed by atoms with Crippen molar-refractivity contribution in [2.45, 2.75) is 300 Å². The molecule has 424 valence electrons. The van der Waals surface area contributed by atoms with Gasteiger partial charge in [-0.15, -0.1) is 0 Å². The van der Waals surface area contributed by atoms with Gasteiger partial charge in [-0.25, -0.2) is 4.57 Å². The number of hydrogen-bond acceptors (Lipinski definition) is 15. The molecule has 2 heterocycles. The van der Waals surface area contributed by atoms with Crippen LogP contribution in [0.2, 0.25) is 0 Å². The molecule has 2 saturated heterocycles. The molecular formula is C52H99N2O17P. The monoisotopic (exact) mass is 1050 g/mol. The first-order chi connectivity index (χ1) is 34.5.